The molecule has 1 N–H and O–H groups in total. The van der Waals surface area contributed by atoms with E-state index >= 15 is 0 Å². The van der Waals surface area contributed by atoms with Crippen molar-refractivity contribution in [1.29, 1.82) is 0 Å². The molecule has 112 valence electrons. The third kappa shape index (κ3) is 3.01. The Labute approximate surface area is 122 Å². The van der Waals surface area contributed by atoms with Crippen molar-refractivity contribution in [2.24, 2.45) is 5.92 Å². The number of ether oxygens (including phenoxy) is 2. The molecule has 4 nitrogen and oxygen atoms in total. The molecule has 1 heterocycles. The predicted octanol–water partition coefficient (Wildman–Crippen LogP) is 2.53. The van der Waals surface area contributed by atoms with Gasteiger partial charge >= 0.3 is 0 Å². The minimum absolute atomic E-state index is 0.480. The van der Waals surface area contributed by atoms with Crippen molar-refractivity contribution in [3.05, 3.63) is 18.2 Å². The summed E-state index contributed by atoms with van der Waals surface area (Å²) in [6.45, 7) is 8.76. The van der Waals surface area contributed by atoms with E-state index in [0.29, 0.717) is 18.0 Å². The second-order valence-corrected chi connectivity index (χ2v) is 5.81. The highest BCUT2D eigenvalue weighted by Gasteiger charge is 2.29. The Morgan fingerprint density at radius 3 is 2.60 bits per heavy atom. The van der Waals surface area contributed by atoms with Crippen LogP contribution in [0, 0.1) is 5.92 Å². The Morgan fingerprint density at radius 2 is 2.00 bits per heavy atom. The summed E-state index contributed by atoms with van der Waals surface area (Å²) in [6, 6.07) is 7.03. The van der Waals surface area contributed by atoms with Crippen LogP contribution in [-0.4, -0.2) is 39.4 Å². The van der Waals surface area contributed by atoms with E-state index in [0.717, 1.165) is 30.3 Å². The summed E-state index contributed by atoms with van der Waals surface area (Å²) < 4.78 is 10.8. The molecule has 0 spiro atoms. The van der Waals surface area contributed by atoms with Crippen LogP contribution in [0.5, 0.6) is 11.5 Å². The minimum atomic E-state index is 0.480. The van der Waals surface area contributed by atoms with Crippen LogP contribution in [0.25, 0.3) is 0 Å². The van der Waals surface area contributed by atoms with E-state index in [1.54, 1.807) is 14.2 Å². The van der Waals surface area contributed by atoms with Crippen LogP contribution < -0.4 is 19.7 Å². The van der Waals surface area contributed by atoms with Crippen molar-refractivity contribution in [3.63, 3.8) is 0 Å². The van der Waals surface area contributed by atoms with Crippen LogP contribution in [-0.2, 0) is 0 Å². The molecule has 4 heteroatoms. The number of hydrogen-bond acceptors (Lipinski definition) is 4. The fourth-order valence-electron chi connectivity index (χ4n) is 2.82. The molecule has 2 unspecified atom stereocenters. The van der Waals surface area contributed by atoms with Gasteiger partial charge in [-0.25, -0.2) is 0 Å². The Hall–Kier alpha value is -1.42. The molecule has 0 amide bonds. The third-order valence-electron chi connectivity index (χ3n) is 4.01. The van der Waals surface area contributed by atoms with Gasteiger partial charge in [-0.3, -0.25) is 0 Å². The van der Waals surface area contributed by atoms with E-state index in [2.05, 4.69) is 37.1 Å². The minimum Gasteiger partial charge on any atom is -0.497 e. The Balaban J connectivity index is 2.35. The molecule has 1 aromatic carbocycles. The number of nitrogens with zero attached hydrogens (tertiary/aromatic N) is 1. The van der Waals surface area contributed by atoms with E-state index in [4.69, 9.17) is 9.47 Å². The Morgan fingerprint density at radius 1 is 1.25 bits per heavy atom. The van der Waals surface area contributed by atoms with Crippen LogP contribution in [0.2, 0.25) is 0 Å². The number of anilines is 1. The molecule has 20 heavy (non-hydrogen) atoms. The fraction of sp³-hybridized carbons (Fsp3) is 0.625. The molecule has 1 aliphatic heterocycles. The van der Waals surface area contributed by atoms with Crippen molar-refractivity contribution in [1.82, 2.24) is 5.32 Å². The normalized spacial score (nSPS) is 23.0. The van der Waals surface area contributed by atoms with E-state index in [9.17, 15) is 0 Å². The lowest BCUT2D eigenvalue weighted by Crippen LogP contribution is -2.57. The molecule has 1 fully saturated rings. The highest BCUT2D eigenvalue weighted by atomic mass is 16.5. The average Bonchev–Trinajstić information content (AvgIpc) is 2.46. The maximum atomic E-state index is 5.56. The van der Waals surface area contributed by atoms with Gasteiger partial charge in [0.25, 0.3) is 0 Å². The molecule has 1 saturated heterocycles. The summed E-state index contributed by atoms with van der Waals surface area (Å²) in [5.41, 5.74) is 1.15. The molecule has 0 saturated carbocycles. The molecule has 0 bridgehead atoms. The summed E-state index contributed by atoms with van der Waals surface area (Å²) in [4.78, 5) is 2.46. The molecular weight excluding hydrogens is 252 g/mol. The van der Waals surface area contributed by atoms with Gasteiger partial charge in [0, 0.05) is 31.2 Å². The van der Waals surface area contributed by atoms with Crippen LogP contribution >= 0.6 is 0 Å². The zero-order valence-electron chi connectivity index (χ0n) is 13.1. The molecule has 1 aromatic rings. The van der Waals surface area contributed by atoms with Gasteiger partial charge in [-0.1, -0.05) is 13.8 Å². The maximum absolute atomic E-state index is 5.56. The van der Waals surface area contributed by atoms with Gasteiger partial charge in [0.15, 0.2) is 0 Å². The number of hydrogen-bond donors (Lipinski definition) is 1. The summed E-state index contributed by atoms with van der Waals surface area (Å²) in [7, 11) is 3.40. The topological polar surface area (TPSA) is 33.7 Å². The van der Waals surface area contributed by atoms with Crippen LogP contribution in [0.4, 0.5) is 5.69 Å². The number of rotatable bonds is 4. The smallest absolute Gasteiger partial charge is 0.145 e. The molecule has 2 rings (SSSR count). The maximum Gasteiger partial charge on any atom is 0.145 e. The number of methoxy groups -OCH3 is 2. The standard InChI is InChI=1S/C16H26N2O2/c1-11(2)15-9-17-12(3)10-18(15)14-7-6-13(19-4)8-16(14)20-5/h6-8,11-12,15,17H,9-10H2,1-5H3. The Bertz CT molecular complexity index is 448. The lowest BCUT2D eigenvalue weighted by Gasteiger charge is -2.43. The lowest BCUT2D eigenvalue weighted by atomic mass is 9.97. The van der Waals surface area contributed by atoms with Gasteiger partial charge in [0.05, 0.1) is 19.9 Å². The SMILES string of the molecule is COc1ccc(N2CC(C)NCC2C(C)C)c(OC)c1. The van der Waals surface area contributed by atoms with Gasteiger partial charge in [-0.05, 0) is 25.0 Å². The first-order valence-electron chi connectivity index (χ1n) is 7.28. The van der Waals surface area contributed by atoms with Crippen molar-refractivity contribution >= 4 is 5.69 Å². The van der Waals surface area contributed by atoms with Gasteiger partial charge in [-0.15, -0.1) is 0 Å². The van der Waals surface area contributed by atoms with Gasteiger partial charge in [0.1, 0.15) is 11.5 Å². The quantitative estimate of drug-likeness (QED) is 0.917. The largest absolute Gasteiger partial charge is 0.497 e. The monoisotopic (exact) mass is 278 g/mol. The summed E-state index contributed by atoms with van der Waals surface area (Å²) in [5, 5.41) is 3.57. The molecule has 0 radical (unpaired) electrons. The van der Waals surface area contributed by atoms with Crippen LogP contribution in [0.3, 0.4) is 0 Å². The van der Waals surface area contributed by atoms with Gasteiger partial charge in [-0.2, -0.15) is 0 Å². The van der Waals surface area contributed by atoms with Gasteiger partial charge < -0.3 is 19.7 Å². The van der Waals surface area contributed by atoms with Crippen molar-refractivity contribution in [2.75, 3.05) is 32.2 Å². The number of piperazine rings is 1. The summed E-state index contributed by atoms with van der Waals surface area (Å²) in [6.07, 6.45) is 0. The highest BCUT2D eigenvalue weighted by molar-refractivity contribution is 5.62. The predicted molar refractivity (Wildman–Crippen MR) is 83.0 cm³/mol. The zero-order valence-corrected chi connectivity index (χ0v) is 13.1. The molecule has 2 atom stereocenters. The zero-order chi connectivity index (χ0) is 14.7. The molecule has 0 aromatic heterocycles. The lowest BCUT2D eigenvalue weighted by molar-refractivity contribution is 0.342. The first-order valence-corrected chi connectivity index (χ1v) is 7.28. The van der Waals surface area contributed by atoms with Gasteiger partial charge in [0.2, 0.25) is 0 Å². The third-order valence-corrected chi connectivity index (χ3v) is 4.01. The van der Waals surface area contributed by atoms with Crippen molar-refractivity contribution in [2.45, 2.75) is 32.9 Å². The highest BCUT2D eigenvalue weighted by Crippen LogP contribution is 2.35. The van der Waals surface area contributed by atoms with E-state index in [-0.39, 0.29) is 0 Å². The number of benzene rings is 1. The van der Waals surface area contributed by atoms with E-state index < -0.39 is 0 Å². The molecular formula is C16H26N2O2. The Kier molecular flexibility index (Phi) is 4.76. The first kappa shape index (κ1) is 15.0. The average molecular weight is 278 g/mol. The van der Waals surface area contributed by atoms with Crippen molar-refractivity contribution in [3.8, 4) is 11.5 Å². The first-order chi connectivity index (χ1) is 9.56. The summed E-state index contributed by atoms with van der Waals surface area (Å²) in [5.74, 6) is 2.29. The van der Waals surface area contributed by atoms with Crippen LogP contribution in [0.1, 0.15) is 20.8 Å². The molecule has 0 aliphatic carbocycles. The summed E-state index contributed by atoms with van der Waals surface area (Å²) >= 11 is 0. The van der Waals surface area contributed by atoms with Crippen LogP contribution in [0.15, 0.2) is 18.2 Å². The van der Waals surface area contributed by atoms with E-state index in [1.165, 1.54) is 0 Å². The second-order valence-electron chi connectivity index (χ2n) is 5.81. The molecule has 1 aliphatic rings. The number of nitrogens with one attached hydrogen (secondary N) is 1. The fourth-order valence-corrected chi connectivity index (χ4v) is 2.82. The second kappa shape index (κ2) is 6.35. The van der Waals surface area contributed by atoms with E-state index in [1.807, 2.05) is 12.1 Å². The van der Waals surface area contributed by atoms with Crippen molar-refractivity contribution < 1.29 is 9.47 Å².